The Balaban J connectivity index is 1.49. The van der Waals surface area contributed by atoms with E-state index >= 15 is 0 Å². The van der Waals surface area contributed by atoms with E-state index in [4.69, 9.17) is 10.7 Å². The lowest BCUT2D eigenvalue weighted by molar-refractivity contribution is 0.343. The Morgan fingerprint density at radius 1 is 0.962 bits per heavy atom. The fraction of sp³-hybridized carbons (Fsp3) is 0.364. The van der Waals surface area contributed by atoms with Gasteiger partial charge in [0.1, 0.15) is 0 Å². The summed E-state index contributed by atoms with van der Waals surface area (Å²) in [6.07, 6.45) is 6.74. The van der Waals surface area contributed by atoms with Crippen LogP contribution in [0.15, 0.2) is 54.7 Å². The van der Waals surface area contributed by atoms with Crippen molar-refractivity contribution in [1.82, 2.24) is 9.97 Å². The van der Waals surface area contributed by atoms with Gasteiger partial charge in [-0.2, -0.15) is 0 Å². The molecule has 2 saturated heterocycles. The van der Waals surface area contributed by atoms with E-state index in [1.165, 1.54) is 36.5 Å². The number of rotatable bonds is 3. The van der Waals surface area contributed by atoms with Gasteiger partial charge in [0.2, 0.25) is 5.95 Å². The van der Waals surface area contributed by atoms with E-state index in [1.54, 1.807) is 0 Å². The highest BCUT2D eigenvalue weighted by atomic mass is 15.3. The fourth-order valence-corrected chi connectivity index (χ4v) is 4.79. The Bertz CT molecular complexity index is 924. The van der Waals surface area contributed by atoms with E-state index < -0.39 is 0 Å². The second kappa shape index (κ2) is 6.36. The number of aromatic nitrogens is 2. The molecule has 3 aromatic rings. The number of fused-ring (bicyclic) bond motifs is 3. The zero-order chi connectivity index (χ0) is 17.5. The third-order valence-electron chi connectivity index (χ3n) is 6.08. The fourth-order valence-electron chi connectivity index (χ4n) is 4.79. The van der Waals surface area contributed by atoms with Crippen molar-refractivity contribution < 1.29 is 0 Å². The van der Waals surface area contributed by atoms with Crippen LogP contribution in [-0.4, -0.2) is 28.6 Å². The van der Waals surface area contributed by atoms with Crippen molar-refractivity contribution in [2.24, 2.45) is 11.7 Å². The van der Waals surface area contributed by atoms with Crippen molar-refractivity contribution >= 4 is 16.7 Å². The second-order valence-corrected chi connectivity index (χ2v) is 7.67. The van der Waals surface area contributed by atoms with Gasteiger partial charge in [-0.25, -0.2) is 9.97 Å². The van der Waals surface area contributed by atoms with Crippen LogP contribution in [-0.2, 0) is 0 Å². The molecule has 5 rings (SSSR count). The normalized spacial score (nSPS) is 25.0. The van der Waals surface area contributed by atoms with Crippen LogP contribution in [0.4, 0.5) is 5.95 Å². The van der Waals surface area contributed by atoms with Crippen molar-refractivity contribution in [3.05, 3.63) is 54.7 Å². The molecule has 3 atom stereocenters. The number of nitrogens with zero attached hydrogens (tertiary/aromatic N) is 3. The first-order chi connectivity index (χ1) is 12.8. The van der Waals surface area contributed by atoms with Gasteiger partial charge in [-0.1, -0.05) is 36.4 Å². The third-order valence-corrected chi connectivity index (χ3v) is 6.08. The Labute approximate surface area is 154 Å². The van der Waals surface area contributed by atoms with E-state index in [2.05, 4.69) is 52.3 Å². The molecule has 2 aromatic carbocycles. The van der Waals surface area contributed by atoms with E-state index in [-0.39, 0.29) is 0 Å². The quantitative estimate of drug-likeness (QED) is 0.780. The maximum absolute atomic E-state index is 5.94. The highest BCUT2D eigenvalue weighted by Gasteiger charge is 2.41. The monoisotopic (exact) mass is 344 g/mol. The van der Waals surface area contributed by atoms with Crippen molar-refractivity contribution in [1.29, 1.82) is 0 Å². The molecule has 26 heavy (non-hydrogen) atoms. The number of nitrogens with two attached hydrogens (primary N) is 1. The lowest BCUT2D eigenvalue weighted by Crippen LogP contribution is -2.45. The standard InChI is InChI=1S/C22H24N4/c23-14-15-11-19-7-8-20(12-15)26(19)22-24-10-9-21(25-22)18-6-5-16-3-1-2-4-17(16)13-18/h1-6,9-10,13,15,19-20H,7-8,11-12,14,23H2/t15-,19-,20+. The first-order valence-corrected chi connectivity index (χ1v) is 9.62. The van der Waals surface area contributed by atoms with Crippen LogP contribution in [0.3, 0.4) is 0 Å². The Hall–Kier alpha value is -2.46. The maximum atomic E-state index is 5.94. The molecule has 0 saturated carbocycles. The molecule has 2 aliphatic heterocycles. The first kappa shape index (κ1) is 15.8. The minimum absolute atomic E-state index is 0.550. The zero-order valence-corrected chi connectivity index (χ0v) is 14.9. The van der Waals surface area contributed by atoms with E-state index in [0.717, 1.165) is 23.8 Å². The van der Waals surface area contributed by atoms with Gasteiger partial charge in [-0.15, -0.1) is 0 Å². The molecular weight excluding hydrogens is 320 g/mol. The highest BCUT2D eigenvalue weighted by Crippen LogP contribution is 2.40. The summed E-state index contributed by atoms with van der Waals surface area (Å²) in [6, 6.07) is 18.1. The van der Waals surface area contributed by atoms with Crippen LogP contribution in [0.25, 0.3) is 22.0 Å². The lowest BCUT2D eigenvalue weighted by Gasteiger charge is -2.38. The summed E-state index contributed by atoms with van der Waals surface area (Å²) >= 11 is 0. The molecule has 132 valence electrons. The van der Waals surface area contributed by atoms with Crippen LogP contribution in [0, 0.1) is 5.92 Å². The van der Waals surface area contributed by atoms with Gasteiger partial charge in [-0.3, -0.25) is 0 Å². The van der Waals surface area contributed by atoms with Gasteiger partial charge in [0.25, 0.3) is 0 Å². The highest BCUT2D eigenvalue weighted by molar-refractivity contribution is 5.86. The van der Waals surface area contributed by atoms with Crippen molar-refractivity contribution in [2.45, 2.75) is 37.8 Å². The van der Waals surface area contributed by atoms with E-state index in [9.17, 15) is 0 Å². The lowest BCUT2D eigenvalue weighted by atomic mass is 9.91. The molecule has 2 N–H and O–H groups in total. The predicted octanol–water partition coefficient (Wildman–Crippen LogP) is 4.00. The molecule has 2 bridgehead atoms. The van der Waals surface area contributed by atoms with E-state index in [0.29, 0.717) is 18.0 Å². The van der Waals surface area contributed by atoms with Gasteiger partial charge < -0.3 is 10.6 Å². The molecule has 3 heterocycles. The molecular formula is C22H24N4. The van der Waals surface area contributed by atoms with Crippen LogP contribution < -0.4 is 10.6 Å². The van der Waals surface area contributed by atoms with Crippen molar-refractivity contribution in [3.63, 3.8) is 0 Å². The number of anilines is 1. The smallest absolute Gasteiger partial charge is 0.226 e. The molecule has 4 nitrogen and oxygen atoms in total. The van der Waals surface area contributed by atoms with Crippen LogP contribution in [0.1, 0.15) is 25.7 Å². The Morgan fingerprint density at radius 3 is 2.50 bits per heavy atom. The van der Waals surface area contributed by atoms with Gasteiger partial charge >= 0.3 is 0 Å². The molecule has 0 spiro atoms. The summed E-state index contributed by atoms with van der Waals surface area (Å²) in [5.41, 5.74) is 8.09. The topological polar surface area (TPSA) is 55.0 Å². The molecule has 0 unspecified atom stereocenters. The largest absolute Gasteiger partial charge is 0.335 e. The summed E-state index contributed by atoms with van der Waals surface area (Å²) < 4.78 is 0. The van der Waals surface area contributed by atoms with Gasteiger partial charge in [0.05, 0.1) is 5.69 Å². The summed E-state index contributed by atoms with van der Waals surface area (Å²) in [6.45, 7) is 0.804. The van der Waals surface area contributed by atoms with Gasteiger partial charge in [-0.05, 0) is 61.1 Å². The maximum Gasteiger partial charge on any atom is 0.226 e. The Kier molecular flexibility index (Phi) is 3.86. The van der Waals surface area contributed by atoms with E-state index in [1.807, 2.05) is 12.3 Å². The number of piperidine rings is 1. The third kappa shape index (κ3) is 2.65. The molecule has 0 radical (unpaired) electrons. The summed E-state index contributed by atoms with van der Waals surface area (Å²) in [5, 5.41) is 2.50. The van der Waals surface area contributed by atoms with Gasteiger partial charge in [0.15, 0.2) is 0 Å². The Morgan fingerprint density at radius 2 is 1.73 bits per heavy atom. The van der Waals surface area contributed by atoms with Crippen molar-refractivity contribution in [3.8, 4) is 11.3 Å². The second-order valence-electron chi connectivity index (χ2n) is 7.67. The first-order valence-electron chi connectivity index (χ1n) is 9.62. The molecule has 0 amide bonds. The predicted molar refractivity (Wildman–Crippen MR) is 106 cm³/mol. The van der Waals surface area contributed by atoms with Crippen LogP contribution in [0.5, 0.6) is 0 Å². The summed E-state index contributed by atoms with van der Waals surface area (Å²) in [7, 11) is 0. The SMILES string of the molecule is NC[C@@H]1C[C@H]2CC[C@@H](C1)N2c1nccc(-c2ccc3ccccc3c2)n1. The molecule has 2 aliphatic rings. The number of hydrogen-bond acceptors (Lipinski definition) is 4. The summed E-state index contributed by atoms with van der Waals surface area (Å²) in [5.74, 6) is 1.55. The molecule has 2 fully saturated rings. The molecule has 4 heteroatoms. The van der Waals surface area contributed by atoms with Crippen LogP contribution >= 0.6 is 0 Å². The number of hydrogen-bond donors (Lipinski definition) is 1. The van der Waals surface area contributed by atoms with Gasteiger partial charge in [0, 0.05) is 23.8 Å². The number of benzene rings is 2. The van der Waals surface area contributed by atoms with Crippen LogP contribution in [0.2, 0.25) is 0 Å². The molecule has 0 aliphatic carbocycles. The minimum Gasteiger partial charge on any atom is -0.335 e. The van der Waals surface area contributed by atoms with Crippen molar-refractivity contribution in [2.75, 3.05) is 11.4 Å². The molecule has 1 aromatic heterocycles. The average molecular weight is 344 g/mol. The summed E-state index contributed by atoms with van der Waals surface area (Å²) in [4.78, 5) is 12.0. The average Bonchev–Trinajstić information content (AvgIpc) is 2.97. The zero-order valence-electron chi connectivity index (χ0n) is 14.9. The minimum atomic E-state index is 0.550.